The SMILES string of the molecule is NCC#Cc1ccc(S(=O)(=O)Nc2nccs2)c(Cl)c1. The van der Waals surface area contributed by atoms with Crippen LogP contribution in [0.1, 0.15) is 5.56 Å². The number of thiazole rings is 1. The lowest BCUT2D eigenvalue weighted by atomic mass is 10.2. The molecular weight excluding hydrogens is 318 g/mol. The second-order valence-electron chi connectivity index (χ2n) is 3.59. The number of nitrogens with zero attached hydrogens (tertiary/aromatic N) is 1. The van der Waals surface area contributed by atoms with E-state index in [0.29, 0.717) is 5.56 Å². The highest BCUT2D eigenvalue weighted by Gasteiger charge is 2.19. The van der Waals surface area contributed by atoms with Crippen molar-refractivity contribution < 1.29 is 8.42 Å². The first-order valence-electron chi connectivity index (χ1n) is 5.44. The van der Waals surface area contributed by atoms with Gasteiger partial charge in [-0.15, -0.1) is 11.3 Å². The van der Waals surface area contributed by atoms with Crippen molar-refractivity contribution in [1.82, 2.24) is 4.98 Å². The van der Waals surface area contributed by atoms with Crippen molar-refractivity contribution >= 4 is 38.1 Å². The van der Waals surface area contributed by atoms with Crippen LogP contribution in [0.5, 0.6) is 0 Å². The quantitative estimate of drug-likeness (QED) is 0.843. The lowest BCUT2D eigenvalue weighted by Crippen LogP contribution is -2.13. The van der Waals surface area contributed by atoms with Gasteiger partial charge in [0, 0.05) is 17.1 Å². The maximum absolute atomic E-state index is 12.2. The van der Waals surface area contributed by atoms with Gasteiger partial charge in [-0.1, -0.05) is 23.4 Å². The van der Waals surface area contributed by atoms with Gasteiger partial charge in [-0.3, -0.25) is 4.72 Å². The molecule has 0 bridgehead atoms. The third kappa shape index (κ3) is 3.49. The molecule has 5 nitrogen and oxygen atoms in total. The molecule has 0 aliphatic heterocycles. The maximum atomic E-state index is 12.2. The highest BCUT2D eigenvalue weighted by Crippen LogP contribution is 2.25. The van der Waals surface area contributed by atoms with Crippen molar-refractivity contribution in [1.29, 1.82) is 0 Å². The molecule has 0 saturated carbocycles. The van der Waals surface area contributed by atoms with Gasteiger partial charge in [0.25, 0.3) is 10.0 Å². The van der Waals surface area contributed by atoms with E-state index in [2.05, 4.69) is 21.5 Å². The number of hydrogen-bond acceptors (Lipinski definition) is 5. The zero-order valence-electron chi connectivity index (χ0n) is 10.1. The Kier molecular flexibility index (Phi) is 4.62. The molecule has 0 atom stereocenters. The van der Waals surface area contributed by atoms with Crippen LogP contribution in [0.15, 0.2) is 34.7 Å². The average molecular weight is 328 g/mol. The first-order chi connectivity index (χ1) is 9.53. The highest BCUT2D eigenvalue weighted by atomic mass is 35.5. The minimum atomic E-state index is -3.76. The molecule has 0 fully saturated rings. The number of rotatable bonds is 3. The fourth-order valence-corrected chi connectivity index (χ4v) is 3.73. The number of sulfonamides is 1. The topological polar surface area (TPSA) is 85.1 Å². The summed E-state index contributed by atoms with van der Waals surface area (Å²) in [6.07, 6.45) is 1.51. The summed E-state index contributed by atoms with van der Waals surface area (Å²) in [7, 11) is -3.76. The average Bonchev–Trinajstić information content (AvgIpc) is 2.88. The van der Waals surface area contributed by atoms with Crippen LogP contribution in [-0.4, -0.2) is 19.9 Å². The Morgan fingerprint density at radius 2 is 2.25 bits per heavy atom. The number of nitrogens with one attached hydrogen (secondary N) is 1. The van der Waals surface area contributed by atoms with Gasteiger partial charge in [-0.2, -0.15) is 0 Å². The summed E-state index contributed by atoms with van der Waals surface area (Å²) >= 11 is 7.18. The van der Waals surface area contributed by atoms with Gasteiger partial charge in [0.15, 0.2) is 5.13 Å². The Bertz CT molecular complexity index is 762. The monoisotopic (exact) mass is 327 g/mol. The van der Waals surface area contributed by atoms with Crippen LogP contribution in [0.3, 0.4) is 0 Å². The van der Waals surface area contributed by atoms with Gasteiger partial charge in [0.05, 0.1) is 11.6 Å². The van der Waals surface area contributed by atoms with Gasteiger partial charge in [-0.25, -0.2) is 13.4 Å². The fourth-order valence-electron chi connectivity index (χ4n) is 1.39. The van der Waals surface area contributed by atoms with E-state index < -0.39 is 10.0 Å². The molecule has 2 rings (SSSR count). The summed E-state index contributed by atoms with van der Waals surface area (Å²) in [5, 5.41) is 2.05. The van der Waals surface area contributed by atoms with E-state index in [0.717, 1.165) is 0 Å². The van der Waals surface area contributed by atoms with E-state index in [9.17, 15) is 8.42 Å². The minimum Gasteiger partial charge on any atom is -0.320 e. The Balaban J connectivity index is 2.33. The molecule has 20 heavy (non-hydrogen) atoms. The van der Waals surface area contributed by atoms with Crippen LogP contribution >= 0.6 is 22.9 Å². The number of nitrogens with two attached hydrogens (primary N) is 1. The summed E-state index contributed by atoms with van der Waals surface area (Å²) < 4.78 is 26.7. The first kappa shape index (κ1) is 14.8. The molecule has 0 amide bonds. The van der Waals surface area contributed by atoms with Crippen molar-refractivity contribution in [2.24, 2.45) is 5.73 Å². The zero-order chi connectivity index (χ0) is 14.6. The molecule has 0 aliphatic rings. The third-order valence-corrected chi connectivity index (χ3v) is 4.85. The van der Waals surface area contributed by atoms with E-state index in [1.807, 2.05) is 0 Å². The number of aromatic nitrogens is 1. The molecular formula is C12H10ClN3O2S2. The van der Waals surface area contributed by atoms with Gasteiger partial charge < -0.3 is 5.73 Å². The normalized spacial score (nSPS) is 10.7. The summed E-state index contributed by atoms with van der Waals surface area (Å²) in [6, 6.07) is 4.46. The lowest BCUT2D eigenvalue weighted by molar-refractivity contribution is 0.601. The van der Waals surface area contributed by atoms with Crippen LogP contribution in [0.25, 0.3) is 0 Å². The predicted molar refractivity (Wildman–Crippen MR) is 80.3 cm³/mol. The molecule has 0 spiro atoms. The highest BCUT2D eigenvalue weighted by molar-refractivity contribution is 7.93. The van der Waals surface area contributed by atoms with Crippen molar-refractivity contribution in [3.8, 4) is 11.8 Å². The first-order valence-corrected chi connectivity index (χ1v) is 8.18. The van der Waals surface area contributed by atoms with Gasteiger partial charge in [0.1, 0.15) is 4.90 Å². The molecule has 0 aliphatic carbocycles. The Hall–Kier alpha value is -1.59. The van der Waals surface area contributed by atoms with E-state index in [4.69, 9.17) is 17.3 Å². The van der Waals surface area contributed by atoms with Crippen LogP contribution < -0.4 is 10.5 Å². The molecule has 1 aromatic heterocycles. The van der Waals surface area contributed by atoms with Gasteiger partial charge in [-0.05, 0) is 18.2 Å². The summed E-state index contributed by atoms with van der Waals surface area (Å²) in [5.74, 6) is 5.46. The molecule has 1 heterocycles. The molecule has 0 unspecified atom stereocenters. The van der Waals surface area contributed by atoms with Crippen LogP contribution in [0.4, 0.5) is 5.13 Å². The summed E-state index contributed by atoms with van der Waals surface area (Å²) in [5.41, 5.74) is 5.88. The zero-order valence-corrected chi connectivity index (χ0v) is 12.5. The molecule has 0 radical (unpaired) electrons. The van der Waals surface area contributed by atoms with E-state index in [-0.39, 0.29) is 21.6 Å². The number of halogens is 1. The Labute approximate surface area is 125 Å². The summed E-state index contributed by atoms with van der Waals surface area (Å²) in [6.45, 7) is 0.225. The summed E-state index contributed by atoms with van der Waals surface area (Å²) in [4.78, 5) is 3.84. The van der Waals surface area contributed by atoms with Crippen LogP contribution in [0.2, 0.25) is 5.02 Å². The predicted octanol–water partition coefficient (Wildman–Crippen LogP) is 1.91. The maximum Gasteiger partial charge on any atom is 0.265 e. The fraction of sp³-hybridized carbons (Fsp3) is 0.0833. The Morgan fingerprint density at radius 1 is 1.45 bits per heavy atom. The van der Waals surface area contributed by atoms with Gasteiger partial charge >= 0.3 is 0 Å². The third-order valence-electron chi connectivity index (χ3n) is 2.21. The van der Waals surface area contributed by atoms with E-state index in [1.165, 1.54) is 29.7 Å². The van der Waals surface area contributed by atoms with Crippen molar-refractivity contribution in [2.45, 2.75) is 4.90 Å². The van der Waals surface area contributed by atoms with Crippen LogP contribution in [0, 0.1) is 11.8 Å². The molecule has 8 heteroatoms. The number of anilines is 1. The lowest BCUT2D eigenvalue weighted by Gasteiger charge is -2.07. The number of hydrogen-bond donors (Lipinski definition) is 2. The molecule has 1 aromatic carbocycles. The van der Waals surface area contributed by atoms with Crippen molar-refractivity contribution in [3.05, 3.63) is 40.4 Å². The second-order valence-corrected chi connectivity index (χ2v) is 6.55. The Morgan fingerprint density at radius 3 is 2.85 bits per heavy atom. The second kappa shape index (κ2) is 6.24. The molecule has 3 N–H and O–H groups in total. The van der Waals surface area contributed by atoms with Crippen molar-refractivity contribution in [3.63, 3.8) is 0 Å². The van der Waals surface area contributed by atoms with E-state index in [1.54, 1.807) is 11.4 Å². The number of benzene rings is 1. The van der Waals surface area contributed by atoms with Crippen molar-refractivity contribution in [2.75, 3.05) is 11.3 Å². The minimum absolute atomic E-state index is 0.0207. The molecule has 104 valence electrons. The molecule has 2 aromatic rings. The van der Waals surface area contributed by atoms with E-state index >= 15 is 0 Å². The smallest absolute Gasteiger partial charge is 0.265 e. The largest absolute Gasteiger partial charge is 0.320 e. The van der Waals surface area contributed by atoms with Gasteiger partial charge in [0.2, 0.25) is 0 Å². The van der Waals surface area contributed by atoms with Crippen LogP contribution in [-0.2, 0) is 10.0 Å². The standard InChI is InChI=1S/C12H10ClN3O2S2/c13-10-8-9(2-1-5-14)3-4-11(10)20(17,18)16-12-15-6-7-19-12/h3-4,6-8H,5,14H2,(H,15,16). The molecule has 0 saturated heterocycles.